The van der Waals surface area contributed by atoms with Crippen molar-refractivity contribution in [1.82, 2.24) is 25.8 Å². The highest BCUT2D eigenvalue weighted by molar-refractivity contribution is 9.11. The molecule has 1 aliphatic rings. The number of nitrogens with zero attached hydrogens (tertiary/aromatic N) is 3. The first-order chi connectivity index (χ1) is 24.0. The van der Waals surface area contributed by atoms with Gasteiger partial charge in [-0.25, -0.2) is 4.79 Å². The standard InChI is InChI=1S/C35H44Br2N8O5/c1-23(46)41-26-6-4-5-24(19-26)8-14-40-35(50)43-31(22-25-20-28(36)32(47)29(37)21-25)33(48)42-30(7-2-3-11-38)34(49)45-17-15-44(16-18-45)27-9-12-39-13-10-27/h4-6,9-10,12-13,19-21,30-31,47H,2-3,7-8,11,14-18,22,38H2,1H3,(H,41,46)(H,42,48)(H2,40,43,50)/t30-,31-/m0/s1. The molecule has 0 radical (unpaired) electrons. The molecule has 1 aliphatic heterocycles. The number of halogens is 2. The molecule has 15 heteroatoms. The van der Waals surface area contributed by atoms with Crippen LogP contribution in [0, 0.1) is 0 Å². The zero-order valence-corrected chi connectivity index (χ0v) is 31.1. The van der Waals surface area contributed by atoms with E-state index < -0.39 is 24.0 Å². The number of anilines is 2. The lowest BCUT2D eigenvalue weighted by Gasteiger charge is -2.37. The largest absolute Gasteiger partial charge is 0.506 e. The zero-order valence-electron chi connectivity index (χ0n) is 28.0. The number of nitrogens with one attached hydrogen (secondary N) is 4. The number of nitrogens with two attached hydrogens (primary N) is 1. The van der Waals surface area contributed by atoms with E-state index in [1.165, 1.54) is 6.92 Å². The quantitative estimate of drug-likeness (QED) is 0.126. The second kappa shape index (κ2) is 19.3. The Morgan fingerprint density at radius 1 is 0.920 bits per heavy atom. The average molecular weight is 817 g/mol. The fourth-order valence-electron chi connectivity index (χ4n) is 5.70. The molecule has 50 heavy (non-hydrogen) atoms. The van der Waals surface area contributed by atoms with Gasteiger partial charge in [-0.05, 0) is 112 Å². The lowest BCUT2D eigenvalue weighted by atomic mass is 10.0. The van der Waals surface area contributed by atoms with Crippen LogP contribution in [0.2, 0.25) is 0 Å². The van der Waals surface area contributed by atoms with Gasteiger partial charge in [0, 0.05) is 69.8 Å². The zero-order chi connectivity index (χ0) is 36.0. The van der Waals surface area contributed by atoms with Gasteiger partial charge in [-0.2, -0.15) is 0 Å². The summed E-state index contributed by atoms with van der Waals surface area (Å²) in [4.78, 5) is 60.4. The predicted molar refractivity (Wildman–Crippen MR) is 200 cm³/mol. The summed E-state index contributed by atoms with van der Waals surface area (Å²) in [7, 11) is 0. The van der Waals surface area contributed by atoms with Crippen molar-refractivity contribution in [3.63, 3.8) is 0 Å². The van der Waals surface area contributed by atoms with E-state index in [-0.39, 0.29) is 30.5 Å². The van der Waals surface area contributed by atoms with Crippen LogP contribution in [-0.4, -0.2) is 90.1 Å². The van der Waals surface area contributed by atoms with Gasteiger partial charge in [0.2, 0.25) is 17.7 Å². The Balaban J connectivity index is 1.44. The number of benzene rings is 2. The van der Waals surface area contributed by atoms with Crippen molar-refractivity contribution in [2.75, 3.05) is 49.5 Å². The number of aromatic nitrogens is 1. The number of urea groups is 1. The number of piperazine rings is 1. The monoisotopic (exact) mass is 814 g/mol. The molecule has 268 valence electrons. The van der Waals surface area contributed by atoms with Crippen molar-refractivity contribution in [1.29, 1.82) is 0 Å². The number of amides is 5. The molecule has 1 fully saturated rings. The van der Waals surface area contributed by atoms with E-state index in [0.717, 1.165) is 11.3 Å². The minimum atomic E-state index is -1.05. The van der Waals surface area contributed by atoms with Gasteiger partial charge in [0.1, 0.15) is 17.8 Å². The Bertz CT molecular complexity index is 1600. The second-order valence-electron chi connectivity index (χ2n) is 12.1. The summed E-state index contributed by atoms with van der Waals surface area (Å²) in [6.45, 7) is 4.45. The molecule has 13 nitrogen and oxygen atoms in total. The van der Waals surface area contributed by atoms with E-state index in [1.54, 1.807) is 35.5 Å². The highest BCUT2D eigenvalue weighted by atomic mass is 79.9. The maximum Gasteiger partial charge on any atom is 0.315 e. The van der Waals surface area contributed by atoms with E-state index in [4.69, 9.17) is 5.73 Å². The number of aromatic hydroxyl groups is 1. The number of carbonyl (C=O) groups is 4. The van der Waals surface area contributed by atoms with E-state index >= 15 is 0 Å². The molecule has 0 saturated carbocycles. The Morgan fingerprint density at radius 2 is 1.62 bits per heavy atom. The second-order valence-corrected chi connectivity index (χ2v) is 13.8. The fraction of sp³-hybridized carbons (Fsp3) is 0.400. The Hall–Kier alpha value is -4.21. The summed E-state index contributed by atoms with van der Waals surface area (Å²) < 4.78 is 0.848. The lowest BCUT2D eigenvalue weighted by Crippen LogP contribution is -2.58. The minimum absolute atomic E-state index is 0.0117. The Kier molecular flexibility index (Phi) is 14.9. The van der Waals surface area contributed by atoms with Crippen molar-refractivity contribution in [2.45, 2.75) is 51.1 Å². The van der Waals surface area contributed by atoms with Crippen LogP contribution in [0.1, 0.15) is 37.3 Å². The van der Waals surface area contributed by atoms with Gasteiger partial charge in [-0.3, -0.25) is 19.4 Å². The smallest absolute Gasteiger partial charge is 0.315 e. The van der Waals surface area contributed by atoms with E-state index in [1.807, 2.05) is 30.3 Å². The van der Waals surface area contributed by atoms with Crippen molar-refractivity contribution >= 4 is 67.0 Å². The first-order valence-corrected chi connectivity index (χ1v) is 18.1. The summed E-state index contributed by atoms with van der Waals surface area (Å²) in [5, 5.41) is 21.5. The van der Waals surface area contributed by atoms with Gasteiger partial charge in [-0.1, -0.05) is 12.1 Å². The molecule has 1 saturated heterocycles. The maximum absolute atomic E-state index is 13.9. The molecule has 0 bridgehead atoms. The number of phenolic OH excluding ortho intramolecular Hbond substituents is 1. The molecule has 3 aromatic rings. The number of phenols is 1. The topological polar surface area (TPSA) is 182 Å². The Morgan fingerprint density at radius 3 is 2.28 bits per heavy atom. The van der Waals surface area contributed by atoms with Crippen LogP contribution in [0.4, 0.5) is 16.2 Å². The third-order valence-corrected chi connectivity index (χ3v) is 9.47. The molecule has 4 rings (SSSR count). The van der Waals surface area contributed by atoms with Gasteiger partial charge in [-0.15, -0.1) is 0 Å². The van der Waals surface area contributed by atoms with Gasteiger partial charge in [0.25, 0.3) is 0 Å². The maximum atomic E-state index is 13.9. The van der Waals surface area contributed by atoms with Crippen molar-refractivity contribution in [2.24, 2.45) is 5.73 Å². The van der Waals surface area contributed by atoms with Gasteiger partial charge in [0.05, 0.1) is 8.95 Å². The third kappa shape index (κ3) is 11.7. The van der Waals surface area contributed by atoms with Crippen LogP contribution in [-0.2, 0) is 27.2 Å². The molecule has 2 aromatic carbocycles. The van der Waals surface area contributed by atoms with Gasteiger partial charge in [0.15, 0.2) is 0 Å². The van der Waals surface area contributed by atoms with Crippen LogP contribution >= 0.6 is 31.9 Å². The van der Waals surface area contributed by atoms with E-state index in [2.05, 4.69) is 63.0 Å². The SMILES string of the molecule is CC(=O)Nc1cccc(CCNC(=O)N[C@@H](Cc2cc(Br)c(O)c(Br)c2)C(=O)N[C@@H](CCCCN)C(=O)N2CCN(c3ccncc3)CC2)c1. The van der Waals surface area contributed by atoms with Crippen LogP contribution in [0.25, 0.3) is 0 Å². The number of carbonyl (C=O) groups excluding carboxylic acids is 4. The molecule has 1 aromatic heterocycles. The Labute approximate surface area is 309 Å². The molecule has 7 N–H and O–H groups in total. The van der Waals surface area contributed by atoms with E-state index in [9.17, 15) is 24.3 Å². The normalized spacial score (nSPS) is 14.0. The minimum Gasteiger partial charge on any atom is -0.506 e. The molecule has 5 amide bonds. The van der Waals surface area contributed by atoms with E-state index in [0.29, 0.717) is 78.6 Å². The van der Waals surface area contributed by atoms with Crippen molar-refractivity contribution < 1.29 is 24.3 Å². The molecule has 0 unspecified atom stereocenters. The molecular formula is C35H44Br2N8O5. The number of pyridine rings is 1. The van der Waals surface area contributed by atoms with Crippen molar-refractivity contribution in [3.8, 4) is 5.75 Å². The lowest BCUT2D eigenvalue weighted by molar-refractivity contribution is -0.137. The first kappa shape index (κ1) is 38.6. The van der Waals surface area contributed by atoms with Crippen LogP contribution in [0.3, 0.4) is 0 Å². The molecule has 0 aliphatic carbocycles. The number of hydrogen-bond acceptors (Lipinski definition) is 8. The van der Waals surface area contributed by atoms with Crippen LogP contribution in [0.15, 0.2) is 69.9 Å². The number of rotatable bonds is 15. The van der Waals surface area contributed by atoms with Crippen molar-refractivity contribution in [3.05, 3.63) is 81.0 Å². The summed E-state index contributed by atoms with van der Waals surface area (Å²) >= 11 is 6.67. The third-order valence-electron chi connectivity index (χ3n) is 8.27. The highest BCUT2D eigenvalue weighted by Gasteiger charge is 2.31. The summed E-state index contributed by atoms with van der Waals surface area (Å²) in [5.74, 6) is -0.851. The number of hydrogen-bond donors (Lipinski definition) is 6. The first-order valence-electron chi connectivity index (χ1n) is 16.6. The molecular weight excluding hydrogens is 772 g/mol. The van der Waals surface area contributed by atoms with Crippen LogP contribution < -0.4 is 31.9 Å². The fourth-order valence-corrected chi connectivity index (χ4v) is 6.98. The van der Waals surface area contributed by atoms with Gasteiger partial charge >= 0.3 is 6.03 Å². The summed E-state index contributed by atoms with van der Waals surface area (Å²) in [6.07, 6.45) is 5.80. The molecule has 0 spiro atoms. The van der Waals surface area contributed by atoms with Crippen LogP contribution in [0.5, 0.6) is 5.75 Å². The predicted octanol–water partition coefficient (Wildman–Crippen LogP) is 3.69. The summed E-state index contributed by atoms with van der Waals surface area (Å²) in [5.41, 5.74) is 9.01. The molecule has 2 heterocycles. The summed E-state index contributed by atoms with van der Waals surface area (Å²) in [6, 6.07) is 12.1. The number of unbranched alkanes of at least 4 members (excludes halogenated alkanes) is 1. The average Bonchev–Trinajstić information content (AvgIpc) is 3.10. The molecule has 2 atom stereocenters. The highest BCUT2D eigenvalue weighted by Crippen LogP contribution is 2.33. The van der Waals surface area contributed by atoms with Gasteiger partial charge < -0.3 is 41.9 Å².